The molecule has 1 saturated heterocycles. The lowest BCUT2D eigenvalue weighted by Gasteiger charge is -2.27. The van der Waals surface area contributed by atoms with Crippen LogP contribution in [0, 0.1) is 5.82 Å². The first-order chi connectivity index (χ1) is 11.3. The summed E-state index contributed by atoms with van der Waals surface area (Å²) in [6.07, 6.45) is 0.269. The van der Waals surface area contributed by atoms with Gasteiger partial charge in [0, 0.05) is 19.7 Å². The first-order valence-corrected chi connectivity index (χ1v) is 9.22. The van der Waals surface area contributed by atoms with Crippen LogP contribution >= 0.6 is 0 Å². The molecule has 2 amide bonds. The van der Waals surface area contributed by atoms with Gasteiger partial charge in [-0.25, -0.2) is 12.8 Å². The molecule has 0 aliphatic carbocycles. The maximum atomic E-state index is 13.6. The third-order valence-electron chi connectivity index (χ3n) is 3.76. The molecule has 1 N–H and O–H groups in total. The maximum absolute atomic E-state index is 13.6. The molecule has 1 aromatic rings. The zero-order valence-electron chi connectivity index (χ0n) is 13.2. The van der Waals surface area contributed by atoms with Crippen LogP contribution < -0.4 is 5.32 Å². The van der Waals surface area contributed by atoms with Crippen LogP contribution in [0.15, 0.2) is 24.3 Å². The van der Waals surface area contributed by atoms with Crippen molar-refractivity contribution in [3.63, 3.8) is 0 Å². The van der Waals surface area contributed by atoms with Crippen LogP contribution in [-0.4, -0.2) is 62.9 Å². The smallest absolute Gasteiger partial charge is 0.313 e. The number of ether oxygens (including phenoxy) is 1. The minimum atomic E-state index is -3.22. The fourth-order valence-corrected chi connectivity index (χ4v) is 4.26. The van der Waals surface area contributed by atoms with Gasteiger partial charge >= 0.3 is 11.8 Å². The van der Waals surface area contributed by atoms with Crippen molar-refractivity contribution in [2.75, 3.05) is 37.1 Å². The number of amides is 2. The molecule has 24 heavy (non-hydrogen) atoms. The molecule has 132 valence electrons. The Morgan fingerprint density at radius 3 is 2.67 bits per heavy atom. The Morgan fingerprint density at radius 2 is 2.08 bits per heavy atom. The van der Waals surface area contributed by atoms with Crippen LogP contribution in [-0.2, 0) is 24.2 Å². The molecular weight excluding hydrogens is 339 g/mol. The van der Waals surface area contributed by atoms with E-state index in [4.69, 9.17) is 4.74 Å². The topological polar surface area (TPSA) is 92.8 Å². The first kappa shape index (κ1) is 18.3. The zero-order valence-corrected chi connectivity index (χ0v) is 14.0. The third kappa shape index (κ3) is 4.51. The van der Waals surface area contributed by atoms with Crippen molar-refractivity contribution >= 4 is 27.3 Å². The van der Waals surface area contributed by atoms with Crippen molar-refractivity contribution in [2.45, 2.75) is 12.5 Å². The number of anilines is 1. The van der Waals surface area contributed by atoms with Crippen molar-refractivity contribution in [3.8, 4) is 0 Å². The van der Waals surface area contributed by atoms with Gasteiger partial charge in [0.15, 0.2) is 9.84 Å². The Hall–Kier alpha value is -2.00. The standard InChI is InChI=1S/C15H19FN2O5S/c1-23-8-7-18(11-6-9-24(21,22)10-11)15(20)14(19)17-13-5-3-2-4-12(13)16/h2-5,11H,6-10H2,1H3,(H,17,19). The summed E-state index contributed by atoms with van der Waals surface area (Å²) in [5.74, 6) is -2.79. The summed E-state index contributed by atoms with van der Waals surface area (Å²) in [6.45, 7) is 0.246. The summed E-state index contributed by atoms with van der Waals surface area (Å²) >= 11 is 0. The lowest BCUT2D eigenvalue weighted by atomic mass is 10.2. The second kappa shape index (κ2) is 7.71. The molecule has 9 heteroatoms. The van der Waals surface area contributed by atoms with Crippen LogP contribution in [0.4, 0.5) is 10.1 Å². The average Bonchev–Trinajstić information content (AvgIpc) is 2.89. The molecule has 0 aromatic heterocycles. The number of hydrogen-bond acceptors (Lipinski definition) is 5. The van der Waals surface area contributed by atoms with Gasteiger partial charge < -0.3 is 15.0 Å². The molecule has 0 bridgehead atoms. The van der Waals surface area contributed by atoms with Gasteiger partial charge in [-0.15, -0.1) is 0 Å². The molecule has 1 unspecified atom stereocenters. The van der Waals surface area contributed by atoms with Crippen LogP contribution in [0.3, 0.4) is 0 Å². The average molecular weight is 358 g/mol. The Labute approximate surface area is 139 Å². The minimum Gasteiger partial charge on any atom is -0.383 e. The van der Waals surface area contributed by atoms with E-state index in [0.29, 0.717) is 0 Å². The number of carbonyl (C=O) groups excluding carboxylic acids is 2. The highest BCUT2D eigenvalue weighted by Crippen LogP contribution is 2.19. The van der Waals surface area contributed by atoms with E-state index in [2.05, 4.69) is 5.32 Å². The number of nitrogens with one attached hydrogen (secondary N) is 1. The van der Waals surface area contributed by atoms with Gasteiger partial charge in [0.05, 0.1) is 23.8 Å². The van der Waals surface area contributed by atoms with Gasteiger partial charge in [-0.2, -0.15) is 0 Å². The van der Waals surface area contributed by atoms with Crippen LogP contribution in [0.25, 0.3) is 0 Å². The summed E-state index contributed by atoms with van der Waals surface area (Å²) in [5, 5.41) is 2.22. The number of nitrogens with zero attached hydrogens (tertiary/aromatic N) is 1. The molecule has 1 heterocycles. The molecule has 1 aromatic carbocycles. The monoisotopic (exact) mass is 358 g/mol. The molecular formula is C15H19FN2O5S. The summed E-state index contributed by atoms with van der Waals surface area (Å²) < 4.78 is 41.8. The number of sulfone groups is 1. The van der Waals surface area contributed by atoms with E-state index in [-0.39, 0.29) is 36.8 Å². The summed E-state index contributed by atoms with van der Waals surface area (Å²) in [4.78, 5) is 25.7. The van der Waals surface area contributed by atoms with Crippen molar-refractivity contribution < 1.29 is 27.1 Å². The van der Waals surface area contributed by atoms with E-state index in [1.807, 2.05) is 0 Å². The lowest BCUT2D eigenvalue weighted by molar-refractivity contribution is -0.145. The van der Waals surface area contributed by atoms with Crippen LogP contribution in [0.1, 0.15) is 6.42 Å². The van der Waals surface area contributed by atoms with Crippen molar-refractivity contribution in [1.82, 2.24) is 4.90 Å². The predicted octanol–water partition coefficient (Wildman–Crippen LogP) is 0.426. The normalized spacial score (nSPS) is 19.0. The summed E-state index contributed by atoms with van der Waals surface area (Å²) in [6, 6.07) is 4.90. The van der Waals surface area contributed by atoms with E-state index in [1.54, 1.807) is 0 Å². The number of benzene rings is 1. The number of methoxy groups -OCH3 is 1. The van der Waals surface area contributed by atoms with Crippen LogP contribution in [0.2, 0.25) is 0 Å². The molecule has 1 aliphatic heterocycles. The summed E-state index contributed by atoms with van der Waals surface area (Å²) in [5.41, 5.74) is -0.110. The fraction of sp³-hybridized carbons (Fsp3) is 0.467. The Balaban J connectivity index is 2.12. The first-order valence-electron chi connectivity index (χ1n) is 7.40. The predicted molar refractivity (Wildman–Crippen MR) is 85.7 cm³/mol. The Morgan fingerprint density at radius 1 is 1.38 bits per heavy atom. The van der Waals surface area contributed by atoms with Gasteiger partial charge in [-0.1, -0.05) is 12.1 Å². The van der Waals surface area contributed by atoms with E-state index in [9.17, 15) is 22.4 Å². The molecule has 0 radical (unpaired) electrons. The second-order valence-corrected chi connectivity index (χ2v) is 7.71. The number of rotatable bonds is 5. The Bertz CT molecular complexity index is 722. The Kier molecular flexibility index (Phi) is 5.89. The van der Waals surface area contributed by atoms with E-state index < -0.39 is 33.5 Å². The quantitative estimate of drug-likeness (QED) is 0.771. The third-order valence-corrected chi connectivity index (χ3v) is 5.51. The largest absolute Gasteiger partial charge is 0.383 e. The van der Waals surface area contributed by atoms with E-state index in [1.165, 1.54) is 30.2 Å². The van der Waals surface area contributed by atoms with Crippen molar-refractivity contribution in [1.29, 1.82) is 0 Å². The van der Waals surface area contributed by atoms with Gasteiger partial charge in [0.25, 0.3) is 0 Å². The highest BCUT2D eigenvalue weighted by atomic mass is 32.2. The van der Waals surface area contributed by atoms with Gasteiger partial charge in [0.2, 0.25) is 0 Å². The SMILES string of the molecule is COCCN(C(=O)C(=O)Nc1ccccc1F)C1CCS(=O)(=O)C1. The molecule has 0 saturated carbocycles. The highest BCUT2D eigenvalue weighted by molar-refractivity contribution is 7.91. The molecule has 2 rings (SSSR count). The number of carbonyl (C=O) groups is 2. The van der Waals surface area contributed by atoms with E-state index in [0.717, 1.165) is 6.07 Å². The molecule has 7 nitrogen and oxygen atoms in total. The molecule has 1 atom stereocenters. The second-order valence-electron chi connectivity index (χ2n) is 5.48. The zero-order chi connectivity index (χ0) is 17.7. The van der Waals surface area contributed by atoms with Gasteiger partial charge in [-0.3, -0.25) is 9.59 Å². The summed E-state index contributed by atoms with van der Waals surface area (Å²) in [7, 11) is -1.78. The number of halogens is 1. The maximum Gasteiger partial charge on any atom is 0.313 e. The number of hydrogen-bond donors (Lipinski definition) is 1. The van der Waals surface area contributed by atoms with Gasteiger partial charge in [0.1, 0.15) is 5.82 Å². The molecule has 1 fully saturated rings. The molecule has 1 aliphatic rings. The lowest BCUT2D eigenvalue weighted by Crippen LogP contribution is -2.48. The highest BCUT2D eigenvalue weighted by Gasteiger charge is 2.36. The van der Waals surface area contributed by atoms with Gasteiger partial charge in [-0.05, 0) is 18.6 Å². The van der Waals surface area contributed by atoms with Crippen molar-refractivity contribution in [2.24, 2.45) is 0 Å². The van der Waals surface area contributed by atoms with E-state index >= 15 is 0 Å². The minimum absolute atomic E-state index is 0.0244. The van der Waals surface area contributed by atoms with Crippen LogP contribution in [0.5, 0.6) is 0 Å². The molecule has 0 spiro atoms. The fourth-order valence-electron chi connectivity index (χ4n) is 2.53. The number of para-hydroxylation sites is 1. The van der Waals surface area contributed by atoms with Crippen molar-refractivity contribution in [3.05, 3.63) is 30.1 Å².